The maximum Gasteiger partial charge on any atom is 0.269 e. The summed E-state index contributed by atoms with van der Waals surface area (Å²) >= 11 is 0. The van der Waals surface area contributed by atoms with E-state index in [1.807, 2.05) is 0 Å². The number of nitro groups is 1. The maximum atomic E-state index is 10.5. The van der Waals surface area contributed by atoms with E-state index in [4.69, 9.17) is 0 Å². The fraction of sp³-hybridized carbons (Fsp3) is 0.500. The summed E-state index contributed by atoms with van der Waals surface area (Å²) in [6, 6.07) is 6.50. The van der Waals surface area contributed by atoms with Gasteiger partial charge >= 0.3 is 0 Å². The minimum Gasteiger partial charge on any atom is -0.384 e. The van der Waals surface area contributed by atoms with Crippen molar-refractivity contribution in [2.45, 2.75) is 13.8 Å². The zero-order valence-corrected chi connectivity index (χ0v) is 11.6. The van der Waals surface area contributed by atoms with Crippen LogP contribution in [0.2, 0.25) is 0 Å². The van der Waals surface area contributed by atoms with Crippen molar-refractivity contribution in [1.82, 2.24) is 4.90 Å². The van der Waals surface area contributed by atoms with Crippen LogP contribution in [0.4, 0.5) is 11.4 Å². The van der Waals surface area contributed by atoms with Crippen LogP contribution in [0, 0.1) is 10.1 Å². The van der Waals surface area contributed by atoms with E-state index in [1.54, 1.807) is 12.1 Å². The minimum atomic E-state index is -0.389. The number of benzene rings is 1. The van der Waals surface area contributed by atoms with Gasteiger partial charge in [0, 0.05) is 30.9 Å². The third kappa shape index (κ3) is 5.33. The third-order valence-corrected chi connectivity index (χ3v) is 2.73. The molecule has 0 heterocycles. The molecule has 1 N–H and O–H groups in total. The first-order chi connectivity index (χ1) is 8.17. The molecule has 6 heteroatoms. The van der Waals surface area contributed by atoms with Crippen LogP contribution in [0.15, 0.2) is 24.3 Å². The average Bonchev–Trinajstić information content (AvgIpc) is 2.35. The smallest absolute Gasteiger partial charge is 0.269 e. The van der Waals surface area contributed by atoms with Gasteiger partial charge in [0.25, 0.3) is 5.69 Å². The molecule has 0 saturated heterocycles. The van der Waals surface area contributed by atoms with Gasteiger partial charge in [0.1, 0.15) is 0 Å². The molecule has 0 aliphatic heterocycles. The van der Waals surface area contributed by atoms with E-state index in [0.29, 0.717) is 0 Å². The predicted octanol–water partition coefficient (Wildman–Crippen LogP) is 2.77. The van der Waals surface area contributed by atoms with Crippen molar-refractivity contribution < 1.29 is 4.92 Å². The molecule has 0 aromatic heterocycles. The molecule has 1 aromatic carbocycles. The first-order valence-corrected chi connectivity index (χ1v) is 5.88. The standard InChI is InChI=1S/C12H19N3O2.ClH/c1-3-14(4-2)10-9-13-11-5-7-12(8-6-11)15(16)17;/h5-8,13H,3-4,9-10H2,1-2H3;1H. The topological polar surface area (TPSA) is 58.4 Å². The molecule has 0 amide bonds. The SMILES string of the molecule is CCN(CC)CCNc1ccc([N+](=O)[O-])cc1.Cl. The van der Waals surface area contributed by atoms with Gasteiger partial charge in [0.05, 0.1) is 4.92 Å². The quantitative estimate of drug-likeness (QED) is 0.613. The summed E-state index contributed by atoms with van der Waals surface area (Å²) in [6.45, 7) is 8.17. The van der Waals surface area contributed by atoms with Crippen molar-refractivity contribution in [1.29, 1.82) is 0 Å². The Hall–Kier alpha value is -1.33. The number of nitrogens with one attached hydrogen (secondary N) is 1. The van der Waals surface area contributed by atoms with E-state index in [9.17, 15) is 10.1 Å². The van der Waals surface area contributed by atoms with Gasteiger partial charge in [-0.2, -0.15) is 0 Å². The number of rotatable bonds is 7. The van der Waals surface area contributed by atoms with Gasteiger partial charge in [-0.3, -0.25) is 10.1 Å². The molecule has 5 nitrogen and oxygen atoms in total. The molecule has 1 rings (SSSR count). The van der Waals surface area contributed by atoms with Gasteiger partial charge in [-0.15, -0.1) is 12.4 Å². The van der Waals surface area contributed by atoms with Crippen LogP contribution in [0.1, 0.15) is 13.8 Å². The lowest BCUT2D eigenvalue weighted by Gasteiger charge is -2.18. The zero-order valence-electron chi connectivity index (χ0n) is 10.8. The van der Waals surface area contributed by atoms with Gasteiger partial charge < -0.3 is 10.2 Å². The molecule has 0 bridgehead atoms. The Kier molecular flexibility index (Phi) is 8.07. The Morgan fingerprint density at radius 3 is 2.22 bits per heavy atom. The fourth-order valence-corrected chi connectivity index (χ4v) is 1.60. The minimum absolute atomic E-state index is 0. The van der Waals surface area contributed by atoms with Crippen molar-refractivity contribution in [3.05, 3.63) is 34.4 Å². The van der Waals surface area contributed by atoms with E-state index in [0.717, 1.165) is 31.9 Å². The molecule has 0 radical (unpaired) electrons. The van der Waals surface area contributed by atoms with Crippen LogP contribution in [0.3, 0.4) is 0 Å². The molecule has 18 heavy (non-hydrogen) atoms. The summed E-state index contributed by atoms with van der Waals surface area (Å²) in [5.41, 5.74) is 1.04. The Morgan fingerprint density at radius 1 is 1.22 bits per heavy atom. The lowest BCUT2D eigenvalue weighted by atomic mass is 10.3. The Bertz CT molecular complexity index is 353. The number of anilines is 1. The van der Waals surface area contributed by atoms with Gasteiger partial charge in [-0.1, -0.05) is 13.8 Å². The number of halogens is 1. The van der Waals surface area contributed by atoms with Crippen LogP contribution in [0.5, 0.6) is 0 Å². The highest BCUT2D eigenvalue weighted by Gasteiger charge is 2.03. The Morgan fingerprint density at radius 2 is 1.78 bits per heavy atom. The molecule has 0 spiro atoms. The van der Waals surface area contributed by atoms with Crippen LogP contribution in [-0.4, -0.2) is 36.0 Å². The Labute approximate surface area is 114 Å². The molecule has 0 saturated carbocycles. The van der Waals surface area contributed by atoms with E-state index >= 15 is 0 Å². The number of nitrogens with zero attached hydrogens (tertiary/aromatic N) is 2. The number of likely N-dealkylation sites (N-methyl/N-ethyl adjacent to an activating group) is 1. The third-order valence-electron chi connectivity index (χ3n) is 2.73. The van der Waals surface area contributed by atoms with Crippen molar-refractivity contribution in [2.75, 3.05) is 31.5 Å². The number of hydrogen-bond acceptors (Lipinski definition) is 4. The normalized spacial score (nSPS) is 9.94. The summed E-state index contributed by atoms with van der Waals surface area (Å²) in [5, 5.41) is 13.7. The zero-order chi connectivity index (χ0) is 12.7. The molecular formula is C12H20ClN3O2. The van der Waals surface area contributed by atoms with Crippen molar-refractivity contribution >= 4 is 23.8 Å². The highest BCUT2D eigenvalue weighted by molar-refractivity contribution is 5.85. The van der Waals surface area contributed by atoms with Crippen LogP contribution >= 0.6 is 12.4 Å². The van der Waals surface area contributed by atoms with Crippen LogP contribution < -0.4 is 5.32 Å². The first-order valence-electron chi connectivity index (χ1n) is 5.88. The van der Waals surface area contributed by atoms with Crippen molar-refractivity contribution in [3.8, 4) is 0 Å². The van der Waals surface area contributed by atoms with Crippen molar-refractivity contribution in [3.63, 3.8) is 0 Å². The second-order valence-electron chi connectivity index (χ2n) is 3.76. The molecule has 1 aromatic rings. The summed E-state index contributed by atoms with van der Waals surface area (Å²) in [5.74, 6) is 0. The molecule has 0 unspecified atom stereocenters. The monoisotopic (exact) mass is 273 g/mol. The van der Waals surface area contributed by atoms with Crippen LogP contribution in [0.25, 0.3) is 0 Å². The highest BCUT2D eigenvalue weighted by atomic mass is 35.5. The largest absolute Gasteiger partial charge is 0.384 e. The average molecular weight is 274 g/mol. The van der Waals surface area contributed by atoms with E-state index < -0.39 is 0 Å². The van der Waals surface area contributed by atoms with Gasteiger partial charge in [0.2, 0.25) is 0 Å². The van der Waals surface area contributed by atoms with Gasteiger partial charge in [-0.25, -0.2) is 0 Å². The summed E-state index contributed by atoms with van der Waals surface area (Å²) in [7, 11) is 0. The summed E-state index contributed by atoms with van der Waals surface area (Å²) in [4.78, 5) is 12.4. The molecular weight excluding hydrogens is 254 g/mol. The lowest BCUT2D eigenvalue weighted by Crippen LogP contribution is -2.28. The van der Waals surface area contributed by atoms with Gasteiger partial charge in [-0.05, 0) is 25.2 Å². The second-order valence-corrected chi connectivity index (χ2v) is 3.76. The lowest BCUT2D eigenvalue weighted by molar-refractivity contribution is -0.384. The second kappa shape index (κ2) is 8.72. The highest BCUT2D eigenvalue weighted by Crippen LogP contribution is 2.14. The van der Waals surface area contributed by atoms with Gasteiger partial charge in [0.15, 0.2) is 0 Å². The number of nitro benzene ring substituents is 1. The number of non-ortho nitro benzene ring substituents is 1. The van der Waals surface area contributed by atoms with Crippen LogP contribution in [-0.2, 0) is 0 Å². The van der Waals surface area contributed by atoms with E-state index in [1.165, 1.54) is 12.1 Å². The van der Waals surface area contributed by atoms with Crippen molar-refractivity contribution in [2.24, 2.45) is 0 Å². The first kappa shape index (κ1) is 16.7. The molecule has 0 aliphatic carbocycles. The maximum absolute atomic E-state index is 10.5. The Balaban J connectivity index is 0.00000289. The van der Waals surface area contributed by atoms with E-state index in [-0.39, 0.29) is 23.0 Å². The number of hydrogen-bond donors (Lipinski definition) is 1. The molecule has 0 atom stereocenters. The molecule has 0 aliphatic rings. The predicted molar refractivity (Wildman–Crippen MR) is 76.6 cm³/mol. The summed E-state index contributed by atoms with van der Waals surface area (Å²) in [6.07, 6.45) is 0. The molecule has 0 fully saturated rings. The molecule has 102 valence electrons. The summed E-state index contributed by atoms with van der Waals surface area (Å²) < 4.78 is 0. The van der Waals surface area contributed by atoms with E-state index in [2.05, 4.69) is 24.1 Å². The fourth-order valence-electron chi connectivity index (χ4n) is 1.60.